The number of aliphatic carboxylic acids is 1. The monoisotopic (exact) mass is 466 g/mol. The van der Waals surface area contributed by atoms with Crippen molar-refractivity contribution in [3.05, 3.63) is 0 Å². The minimum absolute atomic E-state index is 0.0166. The van der Waals surface area contributed by atoms with E-state index in [1.165, 1.54) is 89.9 Å². The van der Waals surface area contributed by atoms with Gasteiger partial charge in [0.2, 0.25) is 0 Å². The van der Waals surface area contributed by atoms with Crippen molar-refractivity contribution in [3.63, 3.8) is 0 Å². The molecule has 1 N–H and O–H groups in total. The number of ether oxygens (including phenoxy) is 1. The predicted octanol–water partition coefficient (Wildman–Crippen LogP) is 8.85. The van der Waals surface area contributed by atoms with Gasteiger partial charge < -0.3 is 9.84 Å². The van der Waals surface area contributed by atoms with Crippen LogP contribution in [-0.2, 0) is 14.3 Å². The van der Waals surface area contributed by atoms with E-state index in [1.54, 1.807) is 0 Å². The number of carbonyl (C=O) groups is 2. The molecule has 0 amide bonds. The Morgan fingerprint density at radius 3 is 1.58 bits per heavy atom. The van der Waals surface area contributed by atoms with Crippen LogP contribution in [0.15, 0.2) is 0 Å². The Morgan fingerprint density at radius 2 is 1.12 bits per heavy atom. The number of carboxylic acids is 1. The van der Waals surface area contributed by atoms with Crippen molar-refractivity contribution in [2.45, 2.75) is 161 Å². The number of unbranched alkanes of at least 4 members (excludes halogenated alkanes) is 14. The van der Waals surface area contributed by atoms with Crippen molar-refractivity contribution < 1.29 is 19.4 Å². The summed E-state index contributed by atoms with van der Waals surface area (Å²) in [5, 5.41) is 9.34. The molecule has 1 saturated carbocycles. The Bertz CT molecular complexity index is 470. The van der Waals surface area contributed by atoms with Gasteiger partial charge in [0.05, 0.1) is 11.8 Å². The molecule has 1 rings (SSSR count). The largest absolute Gasteiger partial charge is 0.481 e. The lowest BCUT2D eigenvalue weighted by atomic mass is 9.81. The maximum atomic E-state index is 12.8. The van der Waals surface area contributed by atoms with E-state index in [-0.39, 0.29) is 23.9 Å². The smallest absolute Gasteiger partial charge is 0.309 e. The summed E-state index contributed by atoms with van der Waals surface area (Å²) in [6.07, 6.45) is 25.3. The van der Waals surface area contributed by atoms with Crippen molar-refractivity contribution >= 4 is 11.9 Å². The molecule has 2 unspecified atom stereocenters. The Labute approximate surface area is 204 Å². The standard InChI is InChI=1S/C29H54O4/c1-3-5-7-9-11-13-15-17-22-27(23-18-16-14-12-10-8-6-4-2)33-29(32)26-21-19-20-25(24-26)28(30)31/h25-27H,3-24H2,1-2H3,(H,30,31). The van der Waals surface area contributed by atoms with Crippen LogP contribution < -0.4 is 0 Å². The van der Waals surface area contributed by atoms with E-state index in [1.807, 2.05) is 0 Å². The van der Waals surface area contributed by atoms with Crippen molar-refractivity contribution in [2.75, 3.05) is 0 Å². The quantitative estimate of drug-likeness (QED) is 0.135. The molecule has 4 nitrogen and oxygen atoms in total. The van der Waals surface area contributed by atoms with E-state index in [4.69, 9.17) is 4.74 Å². The van der Waals surface area contributed by atoms with E-state index < -0.39 is 5.97 Å². The summed E-state index contributed by atoms with van der Waals surface area (Å²) in [6.45, 7) is 4.51. The number of hydrogen-bond donors (Lipinski definition) is 1. The SMILES string of the molecule is CCCCCCCCCCC(CCCCCCCCCC)OC(=O)C1CCCC(C(=O)O)C1. The van der Waals surface area contributed by atoms with Gasteiger partial charge in [-0.15, -0.1) is 0 Å². The van der Waals surface area contributed by atoms with E-state index in [2.05, 4.69) is 13.8 Å². The lowest BCUT2D eigenvalue weighted by Gasteiger charge is -2.27. The lowest BCUT2D eigenvalue weighted by Crippen LogP contribution is -2.31. The topological polar surface area (TPSA) is 63.6 Å². The van der Waals surface area contributed by atoms with Crippen LogP contribution in [0.2, 0.25) is 0 Å². The van der Waals surface area contributed by atoms with Gasteiger partial charge in [0.15, 0.2) is 0 Å². The molecule has 0 heterocycles. The summed E-state index contributed by atoms with van der Waals surface area (Å²) in [6, 6.07) is 0. The minimum Gasteiger partial charge on any atom is -0.481 e. The first-order chi connectivity index (χ1) is 16.1. The van der Waals surface area contributed by atoms with Gasteiger partial charge in [-0.2, -0.15) is 0 Å². The van der Waals surface area contributed by atoms with Gasteiger partial charge in [-0.25, -0.2) is 0 Å². The van der Waals surface area contributed by atoms with Crippen LogP contribution in [0.1, 0.15) is 155 Å². The second-order valence-corrected chi connectivity index (χ2v) is 10.5. The summed E-state index contributed by atoms with van der Waals surface area (Å²) >= 11 is 0. The molecule has 1 fully saturated rings. The fourth-order valence-electron chi connectivity index (χ4n) is 5.16. The fourth-order valence-corrected chi connectivity index (χ4v) is 5.16. The third-order valence-electron chi connectivity index (χ3n) is 7.40. The van der Waals surface area contributed by atoms with Crippen LogP contribution in [0.25, 0.3) is 0 Å². The van der Waals surface area contributed by atoms with Gasteiger partial charge in [0, 0.05) is 0 Å². The van der Waals surface area contributed by atoms with Gasteiger partial charge in [0.25, 0.3) is 0 Å². The van der Waals surface area contributed by atoms with Crippen molar-refractivity contribution in [2.24, 2.45) is 11.8 Å². The van der Waals surface area contributed by atoms with Gasteiger partial charge in [-0.1, -0.05) is 110 Å². The van der Waals surface area contributed by atoms with Gasteiger partial charge >= 0.3 is 11.9 Å². The number of carboxylic acid groups (broad SMARTS) is 1. The van der Waals surface area contributed by atoms with E-state index in [0.717, 1.165) is 38.5 Å². The van der Waals surface area contributed by atoms with Crippen molar-refractivity contribution in [1.82, 2.24) is 0 Å². The molecule has 2 atom stereocenters. The predicted molar refractivity (Wildman–Crippen MR) is 137 cm³/mol. The highest BCUT2D eigenvalue weighted by Crippen LogP contribution is 2.31. The molecule has 0 radical (unpaired) electrons. The summed E-state index contributed by atoms with van der Waals surface area (Å²) in [5.41, 5.74) is 0. The van der Waals surface area contributed by atoms with Crippen LogP contribution in [-0.4, -0.2) is 23.1 Å². The second kappa shape index (κ2) is 20.3. The average molecular weight is 467 g/mol. The maximum absolute atomic E-state index is 12.8. The Hall–Kier alpha value is -1.06. The summed E-state index contributed by atoms with van der Waals surface area (Å²) in [7, 11) is 0. The van der Waals surface area contributed by atoms with E-state index >= 15 is 0 Å². The highest BCUT2D eigenvalue weighted by molar-refractivity contribution is 5.75. The second-order valence-electron chi connectivity index (χ2n) is 10.5. The normalized spacial score (nSPS) is 18.5. The van der Waals surface area contributed by atoms with Crippen LogP contribution in [0.4, 0.5) is 0 Å². The van der Waals surface area contributed by atoms with Crippen molar-refractivity contribution in [3.8, 4) is 0 Å². The molecule has 4 heteroatoms. The third kappa shape index (κ3) is 15.5. The molecule has 1 aliphatic rings. The van der Waals surface area contributed by atoms with Gasteiger partial charge in [-0.3, -0.25) is 9.59 Å². The molecule has 0 saturated heterocycles. The minimum atomic E-state index is -0.762. The zero-order chi connectivity index (χ0) is 24.2. The molecule has 0 bridgehead atoms. The molecular formula is C29H54O4. The zero-order valence-corrected chi connectivity index (χ0v) is 22.0. The first kappa shape index (κ1) is 30.0. The summed E-state index contributed by atoms with van der Waals surface area (Å²) in [4.78, 5) is 24.2. The molecule has 0 aromatic rings. The molecule has 0 spiro atoms. The van der Waals surface area contributed by atoms with E-state index in [9.17, 15) is 14.7 Å². The first-order valence-corrected chi connectivity index (χ1v) is 14.5. The summed E-state index contributed by atoms with van der Waals surface area (Å²) in [5.74, 6) is -1.50. The molecule has 0 aromatic carbocycles. The number of hydrogen-bond acceptors (Lipinski definition) is 3. The first-order valence-electron chi connectivity index (χ1n) is 14.5. The molecule has 194 valence electrons. The van der Waals surface area contributed by atoms with E-state index in [0.29, 0.717) is 12.8 Å². The number of rotatable bonds is 21. The summed E-state index contributed by atoms with van der Waals surface area (Å²) < 4.78 is 6.01. The number of esters is 1. The Kier molecular flexibility index (Phi) is 18.5. The van der Waals surface area contributed by atoms with Crippen LogP contribution in [0, 0.1) is 11.8 Å². The van der Waals surface area contributed by atoms with Crippen LogP contribution >= 0.6 is 0 Å². The van der Waals surface area contributed by atoms with Crippen LogP contribution in [0.3, 0.4) is 0 Å². The molecule has 1 aliphatic carbocycles. The molecule has 33 heavy (non-hydrogen) atoms. The molecular weight excluding hydrogens is 412 g/mol. The highest BCUT2D eigenvalue weighted by Gasteiger charge is 2.32. The maximum Gasteiger partial charge on any atom is 0.309 e. The Balaban J connectivity index is 2.36. The molecule has 0 aromatic heterocycles. The van der Waals surface area contributed by atoms with Gasteiger partial charge in [0.1, 0.15) is 6.10 Å². The van der Waals surface area contributed by atoms with Crippen molar-refractivity contribution in [1.29, 1.82) is 0 Å². The van der Waals surface area contributed by atoms with Gasteiger partial charge in [-0.05, 0) is 44.9 Å². The average Bonchev–Trinajstić information content (AvgIpc) is 2.82. The van der Waals surface area contributed by atoms with Crippen LogP contribution in [0.5, 0.6) is 0 Å². The Morgan fingerprint density at radius 1 is 0.697 bits per heavy atom. The highest BCUT2D eigenvalue weighted by atomic mass is 16.5. The molecule has 0 aliphatic heterocycles. The third-order valence-corrected chi connectivity index (χ3v) is 7.40. The fraction of sp³-hybridized carbons (Fsp3) is 0.931. The zero-order valence-electron chi connectivity index (χ0n) is 22.0. The number of carbonyl (C=O) groups excluding carboxylic acids is 1. The lowest BCUT2D eigenvalue weighted by molar-refractivity contribution is -0.158.